The van der Waals surface area contributed by atoms with Gasteiger partial charge in [-0.25, -0.2) is 8.42 Å². The van der Waals surface area contributed by atoms with Crippen LogP contribution in [0.2, 0.25) is 0 Å². The first-order valence-corrected chi connectivity index (χ1v) is 10.6. The van der Waals surface area contributed by atoms with Crippen molar-refractivity contribution in [2.75, 3.05) is 18.4 Å². The molecule has 0 aliphatic heterocycles. The number of primary amides is 1. The Hall–Kier alpha value is -2.97. The molecule has 7 nitrogen and oxygen atoms in total. The molecule has 0 saturated carbocycles. The standard InChI is InChI=1S/C21H25N3O4S/c1-4-24(5-2)29(27,28)18-10-6-16(7-11-18)8-13-20(25)23-17-9-12-19(21(22)26)15(3)14-17/h6-14H,4-5H2,1-3H3,(H2,22,26)(H,23,25)/b13-8+. The molecule has 154 valence electrons. The van der Waals surface area contributed by atoms with Crippen molar-refractivity contribution in [3.05, 3.63) is 65.2 Å². The van der Waals surface area contributed by atoms with Crippen LogP contribution in [0.5, 0.6) is 0 Å². The van der Waals surface area contributed by atoms with Gasteiger partial charge < -0.3 is 11.1 Å². The number of benzene rings is 2. The number of nitrogens with one attached hydrogen (secondary N) is 1. The first-order chi connectivity index (χ1) is 13.7. The molecular formula is C21H25N3O4S. The molecule has 0 aliphatic rings. The first kappa shape index (κ1) is 22.3. The number of anilines is 1. The SMILES string of the molecule is CCN(CC)S(=O)(=O)c1ccc(/C=C/C(=O)Nc2ccc(C(N)=O)c(C)c2)cc1. The fourth-order valence-electron chi connectivity index (χ4n) is 2.84. The largest absolute Gasteiger partial charge is 0.366 e. The lowest BCUT2D eigenvalue weighted by Gasteiger charge is -2.18. The van der Waals surface area contributed by atoms with Gasteiger partial charge in [0.2, 0.25) is 21.8 Å². The number of rotatable bonds is 8. The number of hydrogen-bond donors (Lipinski definition) is 2. The highest BCUT2D eigenvalue weighted by atomic mass is 32.2. The Kier molecular flexibility index (Phi) is 7.30. The Morgan fingerprint density at radius 1 is 1.07 bits per heavy atom. The van der Waals surface area contributed by atoms with Crippen molar-refractivity contribution < 1.29 is 18.0 Å². The van der Waals surface area contributed by atoms with Gasteiger partial charge in [0.1, 0.15) is 0 Å². The summed E-state index contributed by atoms with van der Waals surface area (Å²) < 4.78 is 26.4. The van der Waals surface area contributed by atoms with Crippen LogP contribution in [0.4, 0.5) is 5.69 Å². The van der Waals surface area contributed by atoms with E-state index in [9.17, 15) is 18.0 Å². The molecule has 2 aromatic rings. The Labute approximate surface area is 171 Å². The van der Waals surface area contributed by atoms with Gasteiger partial charge in [0.25, 0.3) is 0 Å². The van der Waals surface area contributed by atoms with Crippen molar-refractivity contribution in [2.24, 2.45) is 5.73 Å². The molecule has 0 unspecified atom stereocenters. The number of carbonyl (C=O) groups is 2. The second-order valence-electron chi connectivity index (χ2n) is 6.37. The molecule has 0 bridgehead atoms. The smallest absolute Gasteiger partial charge is 0.248 e. The van der Waals surface area contributed by atoms with Crippen molar-refractivity contribution in [2.45, 2.75) is 25.7 Å². The van der Waals surface area contributed by atoms with Crippen molar-refractivity contribution in [1.29, 1.82) is 0 Å². The van der Waals surface area contributed by atoms with Gasteiger partial charge in [0, 0.05) is 30.4 Å². The third kappa shape index (κ3) is 5.52. The van der Waals surface area contributed by atoms with Crippen molar-refractivity contribution in [1.82, 2.24) is 4.31 Å². The van der Waals surface area contributed by atoms with Crippen LogP contribution in [0.1, 0.15) is 35.3 Å². The molecule has 0 fully saturated rings. The zero-order chi connectivity index (χ0) is 21.6. The van der Waals surface area contributed by atoms with Gasteiger partial charge in [-0.05, 0) is 54.5 Å². The predicted octanol–water partition coefficient (Wildman–Crippen LogP) is 2.78. The summed E-state index contributed by atoms with van der Waals surface area (Å²) in [6.07, 6.45) is 2.94. The number of nitrogens with two attached hydrogens (primary N) is 1. The minimum atomic E-state index is -3.51. The van der Waals surface area contributed by atoms with E-state index in [2.05, 4.69) is 5.32 Å². The summed E-state index contributed by atoms with van der Waals surface area (Å²) in [6, 6.07) is 11.2. The molecule has 2 rings (SSSR count). The summed E-state index contributed by atoms with van der Waals surface area (Å²) in [5.41, 5.74) is 7.58. The van der Waals surface area contributed by atoms with E-state index in [0.29, 0.717) is 35.5 Å². The zero-order valence-corrected chi connectivity index (χ0v) is 17.5. The average Bonchev–Trinajstić information content (AvgIpc) is 2.67. The molecule has 0 atom stereocenters. The predicted molar refractivity (Wildman–Crippen MR) is 114 cm³/mol. The number of hydrogen-bond acceptors (Lipinski definition) is 4. The highest BCUT2D eigenvalue weighted by molar-refractivity contribution is 7.89. The maximum atomic E-state index is 12.5. The molecule has 2 amide bonds. The van der Waals surface area contributed by atoms with E-state index in [0.717, 1.165) is 0 Å². The summed E-state index contributed by atoms with van der Waals surface area (Å²) in [4.78, 5) is 23.6. The lowest BCUT2D eigenvalue weighted by Crippen LogP contribution is -2.30. The topological polar surface area (TPSA) is 110 Å². The molecule has 3 N–H and O–H groups in total. The Morgan fingerprint density at radius 2 is 1.69 bits per heavy atom. The number of carbonyl (C=O) groups excluding carboxylic acids is 2. The molecule has 0 spiro atoms. The first-order valence-electron chi connectivity index (χ1n) is 9.18. The lowest BCUT2D eigenvalue weighted by atomic mass is 10.1. The Bertz CT molecular complexity index is 1020. The van der Waals surface area contributed by atoms with E-state index in [4.69, 9.17) is 5.73 Å². The fraction of sp³-hybridized carbons (Fsp3) is 0.238. The van der Waals surface area contributed by atoms with Crippen LogP contribution < -0.4 is 11.1 Å². The summed E-state index contributed by atoms with van der Waals surface area (Å²) in [7, 11) is -3.51. The molecular weight excluding hydrogens is 390 g/mol. The van der Waals surface area contributed by atoms with Crippen molar-refractivity contribution >= 4 is 33.6 Å². The summed E-state index contributed by atoms with van der Waals surface area (Å²) in [6.45, 7) is 6.12. The maximum Gasteiger partial charge on any atom is 0.248 e. The highest BCUT2D eigenvalue weighted by Crippen LogP contribution is 2.17. The highest BCUT2D eigenvalue weighted by Gasteiger charge is 2.20. The number of aryl methyl sites for hydroxylation is 1. The molecule has 2 aromatic carbocycles. The van der Waals surface area contributed by atoms with Gasteiger partial charge >= 0.3 is 0 Å². The second kappa shape index (κ2) is 9.49. The Morgan fingerprint density at radius 3 is 2.21 bits per heavy atom. The van der Waals surface area contributed by atoms with E-state index >= 15 is 0 Å². The van der Waals surface area contributed by atoms with Gasteiger partial charge in [0.05, 0.1) is 4.90 Å². The zero-order valence-electron chi connectivity index (χ0n) is 16.7. The van der Waals surface area contributed by atoms with E-state index in [1.807, 2.05) is 0 Å². The van der Waals surface area contributed by atoms with Gasteiger partial charge in [0.15, 0.2) is 0 Å². The number of nitrogens with zero attached hydrogens (tertiary/aromatic N) is 1. The van der Waals surface area contributed by atoms with Crippen LogP contribution in [0, 0.1) is 6.92 Å². The van der Waals surface area contributed by atoms with E-state index in [1.165, 1.54) is 22.5 Å². The molecule has 0 saturated heterocycles. The number of amides is 2. The minimum Gasteiger partial charge on any atom is -0.366 e. The lowest BCUT2D eigenvalue weighted by molar-refractivity contribution is -0.111. The fourth-order valence-corrected chi connectivity index (χ4v) is 4.30. The van der Waals surface area contributed by atoms with Crippen LogP contribution in [0.15, 0.2) is 53.4 Å². The van der Waals surface area contributed by atoms with Crippen LogP contribution in [0.3, 0.4) is 0 Å². The summed E-state index contributed by atoms with van der Waals surface area (Å²) in [5.74, 6) is -0.872. The monoisotopic (exact) mass is 415 g/mol. The van der Waals surface area contributed by atoms with Gasteiger partial charge in [-0.15, -0.1) is 0 Å². The number of sulfonamides is 1. The van der Waals surface area contributed by atoms with E-state index in [-0.39, 0.29) is 10.8 Å². The average molecular weight is 416 g/mol. The maximum absolute atomic E-state index is 12.5. The van der Waals surface area contributed by atoms with Crippen molar-refractivity contribution in [3.63, 3.8) is 0 Å². The third-order valence-electron chi connectivity index (χ3n) is 4.41. The molecule has 0 aromatic heterocycles. The van der Waals surface area contributed by atoms with Gasteiger partial charge in [-0.1, -0.05) is 26.0 Å². The molecule has 8 heteroatoms. The minimum absolute atomic E-state index is 0.216. The molecule has 0 heterocycles. The second-order valence-corrected chi connectivity index (χ2v) is 8.31. The van der Waals surface area contributed by atoms with Crippen LogP contribution >= 0.6 is 0 Å². The van der Waals surface area contributed by atoms with Crippen LogP contribution in [-0.2, 0) is 14.8 Å². The molecule has 29 heavy (non-hydrogen) atoms. The van der Waals surface area contributed by atoms with Gasteiger partial charge in [-0.3, -0.25) is 9.59 Å². The van der Waals surface area contributed by atoms with E-state index in [1.54, 1.807) is 57.2 Å². The van der Waals surface area contributed by atoms with E-state index < -0.39 is 15.9 Å². The molecule has 0 radical (unpaired) electrons. The van der Waals surface area contributed by atoms with Crippen molar-refractivity contribution in [3.8, 4) is 0 Å². The molecule has 0 aliphatic carbocycles. The summed E-state index contributed by atoms with van der Waals surface area (Å²) >= 11 is 0. The Balaban J connectivity index is 2.07. The van der Waals surface area contributed by atoms with Crippen LogP contribution in [-0.4, -0.2) is 37.6 Å². The van der Waals surface area contributed by atoms with Gasteiger partial charge in [-0.2, -0.15) is 4.31 Å². The summed E-state index contributed by atoms with van der Waals surface area (Å²) in [5, 5.41) is 2.70. The quantitative estimate of drug-likeness (QED) is 0.646. The third-order valence-corrected chi connectivity index (χ3v) is 6.47. The normalized spacial score (nSPS) is 11.7. The van der Waals surface area contributed by atoms with Crippen LogP contribution in [0.25, 0.3) is 6.08 Å².